The lowest BCUT2D eigenvalue weighted by Gasteiger charge is -2.17. The van der Waals surface area contributed by atoms with E-state index in [9.17, 15) is 16.8 Å². The zero-order valence-corrected chi connectivity index (χ0v) is 13.9. The smallest absolute Gasteiger partial charge is 0.224 e. The van der Waals surface area contributed by atoms with Crippen LogP contribution >= 0.6 is 0 Å². The first-order chi connectivity index (χ1) is 10.2. The number of hydrogen-bond donors (Lipinski definition) is 0. The van der Waals surface area contributed by atoms with Crippen molar-refractivity contribution in [1.29, 1.82) is 0 Å². The summed E-state index contributed by atoms with van der Waals surface area (Å²) in [5.74, 6) is 0. The third-order valence-corrected chi connectivity index (χ3v) is 6.15. The fraction of sp³-hybridized carbons (Fsp3) is 0.200. The van der Waals surface area contributed by atoms with Crippen LogP contribution in [-0.2, 0) is 26.4 Å². The van der Waals surface area contributed by atoms with Crippen LogP contribution in [0.5, 0.6) is 0 Å². The fourth-order valence-corrected chi connectivity index (χ4v) is 3.75. The van der Waals surface area contributed by atoms with Gasteiger partial charge in [0, 0.05) is 19.8 Å². The summed E-state index contributed by atoms with van der Waals surface area (Å²) < 4.78 is 49.0. The minimum atomic E-state index is -3.66. The minimum Gasteiger partial charge on any atom is -0.224 e. The summed E-state index contributed by atoms with van der Waals surface area (Å²) in [5, 5.41) is 0. The molecule has 0 bridgehead atoms. The average molecular weight is 339 g/mol. The number of sulfonamides is 1. The van der Waals surface area contributed by atoms with E-state index in [-0.39, 0.29) is 16.3 Å². The van der Waals surface area contributed by atoms with E-state index >= 15 is 0 Å². The Labute approximate surface area is 131 Å². The first kappa shape index (κ1) is 16.7. The lowest BCUT2D eigenvalue weighted by atomic mass is 10.2. The molecule has 0 fully saturated rings. The van der Waals surface area contributed by atoms with Crippen LogP contribution in [0.15, 0.2) is 64.4 Å². The van der Waals surface area contributed by atoms with Crippen molar-refractivity contribution in [2.45, 2.75) is 16.3 Å². The molecule has 0 unspecified atom stereocenters. The monoisotopic (exact) mass is 339 g/mol. The zero-order valence-electron chi connectivity index (χ0n) is 12.3. The average Bonchev–Trinajstić information content (AvgIpc) is 2.47. The zero-order chi connectivity index (χ0) is 16.4. The Balaban J connectivity index is 2.26. The number of benzene rings is 2. The van der Waals surface area contributed by atoms with Crippen LogP contribution in [-0.4, -0.2) is 34.4 Å². The quantitative estimate of drug-likeness (QED) is 0.834. The van der Waals surface area contributed by atoms with Crippen LogP contribution in [0.3, 0.4) is 0 Å². The van der Waals surface area contributed by atoms with E-state index in [1.807, 2.05) is 30.3 Å². The van der Waals surface area contributed by atoms with Gasteiger partial charge < -0.3 is 0 Å². The van der Waals surface area contributed by atoms with Crippen molar-refractivity contribution in [1.82, 2.24) is 4.31 Å². The summed E-state index contributed by atoms with van der Waals surface area (Å²) in [6.07, 6.45) is 1.08. The molecule has 0 radical (unpaired) electrons. The van der Waals surface area contributed by atoms with Gasteiger partial charge in [0.25, 0.3) is 0 Å². The Kier molecular flexibility index (Phi) is 4.69. The number of hydrogen-bond acceptors (Lipinski definition) is 4. The van der Waals surface area contributed by atoms with E-state index in [0.29, 0.717) is 0 Å². The van der Waals surface area contributed by atoms with Gasteiger partial charge in [-0.2, -0.15) is 4.31 Å². The third kappa shape index (κ3) is 3.73. The van der Waals surface area contributed by atoms with Crippen molar-refractivity contribution < 1.29 is 16.8 Å². The maximum Gasteiger partial charge on any atom is 0.243 e. The van der Waals surface area contributed by atoms with Crippen molar-refractivity contribution in [2.24, 2.45) is 0 Å². The first-order valence-electron chi connectivity index (χ1n) is 6.51. The van der Waals surface area contributed by atoms with Gasteiger partial charge in [-0.15, -0.1) is 0 Å². The van der Waals surface area contributed by atoms with Gasteiger partial charge in [0.1, 0.15) is 0 Å². The normalized spacial score (nSPS) is 12.5. The Morgan fingerprint density at radius 2 is 1.32 bits per heavy atom. The number of rotatable bonds is 5. The molecule has 5 nitrogen and oxygen atoms in total. The second-order valence-electron chi connectivity index (χ2n) is 4.99. The molecule has 0 aliphatic heterocycles. The van der Waals surface area contributed by atoms with Crippen molar-refractivity contribution >= 4 is 19.9 Å². The molecular weight excluding hydrogens is 322 g/mol. The molecule has 0 heterocycles. The summed E-state index contributed by atoms with van der Waals surface area (Å²) in [5.41, 5.74) is 0.876. The second kappa shape index (κ2) is 6.20. The number of nitrogens with zero attached hydrogens (tertiary/aromatic N) is 1. The lowest BCUT2D eigenvalue weighted by Crippen LogP contribution is -2.26. The van der Waals surface area contributed by atoms with Gasteiger partial charge in [-0.25, -0.2) is 16.8 Å². The van der Waals surface area contributed by atoms with Crippen LogP contribution in [0, 0.1) is 0 Å². The summed E-state index contributed by atoms with van der Waals surface area (Å²) in [7, 11) is -5.51. The highest BCUT2D eigenvalue weighted by Gasteiger charge is 2.21. The van der Waals surface area contributed by atoms with Crippen LogP contribution in [0.1, 0.15) is 5.56 Å². The standard InChI is InChI=1S/C15H17NO4S2/c1-16(12-13-6-4-3-5-7-13)22(19,20)15-10-8-14(9-11-15)21(2,17)18/h3-11H,12H2,1-2H3. The van der Waals surface area contributed by atoms with Crippen LogP contribution in [0.25, 0.3) is 0 Å². The molecule has 0 aromatic heterocycles. The highest BCUT2D eigenvalue weighted by atomic mass is 32.2. The van der Waals surface area contributed by atoms with Gasteiger partial charge >= 0.3 is 0 Å². The van der Waals surface area contributed by atoms with Crippen molar-refractivity contribution in [3.05, 3.63) is 60.2 Å². The van der Waals surface area contributed by atoms with Crippen LogP contribution < -0.4 is 0 Å². The maximum absolute atomic E-state index is 12.5. The molecule has 2 aromatic rings. The van der Waals surface area contributed by atoms with Gasteiger partial charge in [0.15, 0.2) is 9.84 Å². The second-order valence-corrected chi connectivity index (χ2v) is 9.05. The molecule has 0 saturated carbocycles. The maximum atomic E-state index is 12.5. The Bertz CT molecular complexity index is 842. The highest BCUT2D eigenvalue weighted by molar-refractivity contribution is 7.90. The summed E-state index contributed by atoms with van der Waals surface area (Å²) >= 11 is 0. The van der Waals surface area contributed by atoms with Crippen molar-refractivity contribution in [2.75, 3.05) is 13.3 Å². The Morgan fingerprint density at radius 1 is 0.818 bits per heavy atom. The molecule has 2 aromatic carbocycles. The molecule has 2 rings (SSSR count). The Morgan fingerprint density at radius 3 is 1.82 bits per heavy atom. The summed E-state index contributed by atoms with van der Waals surface area (Å²) in [6.45, 7) is 0.247. The van der Waals surface area contributed by atoms with Crippen LogP contribution in [0.2, 0.25) is 0 Å². The Hall–Kier alpha value is -1.70. The summed E-state index contributed by atoms with van der Waals surface area (Å²) in [4.78, 5) is 0.162. The molecule has 0 aliphatic rings. The molecule has 7 heteroatoms. The molecule has 22 heavy (non-hydrogen) atoms. The van der Waals surface area contributed by atoms with Gasteiger partial charge in [0.2, 0.25) is 10.0 Å². The predicted molar refractivity (Wildman–Crippen MR) is 84.6 cm³/mol. The van der Waals surface area contributed by atoms with Crippen LogP contribution in [0.4, 0.5) is 0 Å². The van der Waals surface area contributed by atoms with Gasteiger partial charge in [-0.1, -0.05) is 30.3 Å². The molecule has 0 N–H and O–H groups in total. The molecule has 0 amide bonds. The molecule has 118 valence electrons. The molecule has 0 atom stereocenters. The van der Waals surface area contributed by atoms with Crippen molar-refractivity contribution in [3.8, 4) is 0 Å². The van der Waals surface area contributed by atoms with E-state index in [1.165, 1.54) is 35.6 Å². The highest BCUT2D eigenvalue weighted by Crippen LogP contribution is 2.19. The number of sulfone groups is 1. The SMILES string of the molecule is CN(Cc1ccccc1)S(=O)(=O)c1ccc(S(C)(=O)=O)cc1. The third-order valence-electron chi connectivity index (χ3n) is 3.21. The minimum absolute atomic E-state index is 0.0679. The fourth-order valence-electron chi connectivity index (χ4n) is 1.96. The largest absolute Gasteiger partial charge is 0.243 e. The molecule has 0 saturated heterocycles. The molecule has 0 spiro atoms. The topological polar surface area (TPSA) is 71.5 Å². The van der Waals surface area contributed by atoms with Gasteiger partial charge in [0.05, 0.1) is 9.79 Å². The van der Waals surface area contributed by atoms with E-state index in [4.69, 9.17) is 0 Å². The molecule has 0 aliphatic carbocycles. The lowest BCUT2D eigenvalue weighted by molar-refractivity contribution is 0.466. The van der Waals surface area contributed by atoms with E-state index in [0.717, 1.165) is 11.8 Å². The van der Waals surface area contributed by atoms with E-state index in [2.05, 4.69) is 0 Å². The summed E-state index contributed by atoms with van der Waals surface area (Å²) in [6, 6.07) is 14.5. The van der Waals surface area contributed by atoms with E-state index < -0.39 is 19.9 Å². The van der Waals surface area contributed by atoms with E-state index in [1.54, 1.807) is 0 Å². The van der Waals surface area contributed by atoms with Gasteiger partial charge in [-0.3, -0.25) is 0 Å². The van der Waals surface area contributed by atoms with Gasteiger partial charge in [-0.05, 0) is 29.8 Å². The molecular formula is C15H17NO4S2. The van der Waals surface area contributed by atoms with Crippen molar-refractivity contribution in [3.63, 3.8) is 0 Å². The first-order valence-corrected chi connectivity index (χ1v) is 9.85. The predicted octanol–water partition coefficient (Wildman–Crippen LogP) is 1.91.